The Balaban J connectivity index is 1.67. The maximum Gasteiger partial charge on any atom is 0.123 e. The van der Waals surface area contributed by atoms with Gasteiger partial charge in [-0.3, -0.25) is 0 Å². The maximum atomic E-state index is 13.2. The summed E-state index contributed by atoms with van der Waals surface area (Å²) in [6, 6.07) is 17.2. The molecule has 1 nitrogen and oxygen atoms in total. The lowest BCUT2D eigenvalue weighted by molar-refractivity contribution is 0.207. The summed E-state index contributed by atoms with van der Waals surface area (Å²) in [5.41, 5.74) is 2.33. The van der Waals surface area contributed by atoms with Gasteiger partial charge in [0.25, 0.3) is 0 Å². The summed E-state index contributed by atoms with van der Waals surface area (Å²) in [4.78, 5) is 0. The molecule has 0 aliphatic heterocycles. The monoisotopic (exact) mass is 270 g/mol. The third-order valence-electron chi connectivity index (χ3n) is 4.29. The number of aliphatic hydroxyl groups excluding tert-OH is 1. The van der Waals surface area contributed by atoms with Crippen LogP contribution in [0.2, 0.25) is 0 Å². The predicted molar refractivity (Wildman–Crippen MR) is 78.0 cm³/mol. The van der Waals surface area contributed by atoms with E-state index in [1.165, 1.54) is 11.6 Å². The second kappa shape index (κ2) is 5.76. The molecule has 0 radical (unpaired) electrons. The molecule has 0 spiro atoms. The van der Waals surface area contributed by atoms with Gasteiger partial charge in [-0.25, -0.2) is 4.39 Å². The van der Waals surface area contributed by atoms with Crippen LogP contribution in [0.1, 0.15) is 23.5 Å². The van der Waals surface area contributed by atoms with E-state index in [4.69, 9.17) is 0 Å². The molecule has 0 aromatic heterocycles. The smallest absolute Gasteiger partial charge is 0.123 e. The summed E-state index contributed by atoms with van der Waals surface area (Å²) in [5, 5.41) is 9.64. The number of rotatable bonds is 5. The van der Waals surface area contributed by atoms with Gasteiger partial charge in [0.05, 0.1) is 0 Å². The Morgan fingerprint density at radius 2 is 1.90 bits per heavy atom. The van der Waals surface area contributed by atoms with E-state index in [2.05, 4.69) is 24.3 Å². The maximum absolute atomic E-state index is 13.2. The third kappa shape index (κ3) is 2.91. The van der Waals surface area contributed by atoms with Crippen LogP contribution in [0.15, 0.2) is 54.6 Å². The molecule has 2 aromatic carbocycles. The largest absolute Gasteiger partial charge is 0.396 e. The Labute approximate surface area is 119 Å². The quantitative estimate of drug-likeness (QED) is 0.876. The molecule has 0 amide bonds. The molecule has 1 aliphatic carbocycles. The van der Waals surface area contributed by atoms with E-state index < -0.39 is 0 Å². The second-order valence-corrected chi connectivity index (χ2v) is 5.69. The molecule has 1 fully saturated rings. The van der Waals surface area contributed by atoms with Crippen LogP contribution in [0, 0.1) is 17.7 Å². The molecule has 20 heavy (non-hydrogen) atoms. The van der Waals surface area contributed by atoms with Crippen molar-refractivity contribution in [2.24, 2.45) is 11.8 Å². The average molecular weight is 270 g/mol. The van der Waals surface area contributed by atoms with E-state index in [-0.39, 0.29) is 18.3 Å². The Bertz CT molecular complexity index is 567. The molecule has 3 atom stereocenters. The highest BCUT2D eigenvalue weighted by molar-refractivity contribution is 5.27. The van der Waals surface area contributed by atoms with Crippen molar-refractivity contribution in [3.8, 4) is 0 Å². The van der Waals surface area contributed by atoms with Crippen LogP contribution in [0.4, 0.5) is 4.39 Å². The summed E-state index contributed by atoms with van der Waals surface area (Å²) >= 11 is 0. The van der Waals surface area contributed by atoms with Crippen molar-refractivity contribution in [3.63, 3.8) is 0 Å². The molecular weight excluding hydrogens is 251 g/mol. The summed E-state index contributed by atoms with van der Waals surface area (Å²) in [6.45, 7) is 0.171. The fourth-order valence-electron chi connectivity index (χ4n) is 3.14. The highest BCUT2D eigenvalue weighted by atomic mass is 19.1. The van der Waals surface area contributed by atoms with E-state index in [0.29, 0.717) is 11.8 Å². The van der Waals surface area contributed by atoms with Gasteiger partial charge in [-0.05, 0) is 53.9 Å². The Morgan fingerprint density at radius 3 is 2.60 bits per heavy atom. The van der Waals surface area contributed by atoms with Crippen LogP contribution in [0.3, 0.4) is 0 Å². The fraction of sp³-hybridized carbons (Fsp3) is 0.333. The lowest BCUT2D eigenvalue weighted by atomic mass is 9.93. The molecule has 2 aromatic rings. The molecule has 3 rings (SSSR count). The van der Waals surface area contributed by atoms with Crippen molar-refractivity contribution in [3.05, 3.63) is 71.5 Å². The normalized spacial score (nSPS) is 22.5. The zero-order chi connectivity index (χ0) is 13.9. The average Bonchev–Trinajstić information content (AvgIpc) is 3.26. The topological polar surface area (TPSA) is 20.2 Å². The van der Waals surface area contributed by atoms with E-state index >= 15 is 0 Å². The summed E-state index contributed by atoms with van der Waals surface area (Å²) in [5.74, 6) is 1.10. The van der Waals surface area contributed by atoms with Crippen LogP contribution < -0.4 is 0 Å². The first kappa shape index (κ1) is 13.3. The molecule has 1 N–H and O–H groups in total. The number of aliphatic hydroxyl groups is 1. The van der Waals surface area contributed by atoms with Gasteiger partial charge in [0.2, 0.25) is 0 Å². The first-order valence-electron chi connectivity index (χ1n) is 7.18. The van der Waals surface area contributed by atoms with Crippen molar-refractivity contribution >= 4 is 0 Å². The molecule has 1 aliphatic rings. The van der Waals surface area contributed by atoms with E-state index in [1.54, 1.807) is 12.1 Å². The number of benzene rings is 2. The zero-order valence-electron chi connectivity index (χ0n) is 11.4. The van der Waals surface area contributed by atoms with Gasteiger partial charge in [-0.2, -0.15) is 0 Å². The van der Waals surface area contributed by atoms with Gasteiger partial charge in [-0.15, -0.1) is 0 Å². The third-order valence-corrected chi connectivity index (χ3v) is 4.29. The first-order chi connectivity index (χ1) is 9.78. The Morgan fingerprint density at radius 1 is 1.10 bits per heavy atom. The standard InChI is InChI=1S/C18H19FO/c19-16-8-4-5-13(10-16)9-15(12-20)18-11-17(18)14-6-2-1-3-7-14/h1-8,10,15,17-18,20H,9,11-12H2. The van der Waals surface area contributed by atoms with Crippen LogP contribution in [-0.2, 0) is 6.42 Å². The lowest BCUT2D eigenvalue weighted by Gasteiger charge is -2.14. The van der Waals surface area contributed by atoms with Crippen molar-refractivity contribution < 1.29 is 9.50 Å². The van der Waals surface area contributed by atoms with Crippen LogP contribution in [0.5, 0.6) is 0 Å². The van der Waals surface area contributed by atoms with Crippen LogP contribution in [0.25, 0.3) is 0 Å². The van der Waals surface area contributed by atoms with Crippen molar-refractivity contribution in [1.29, 1.82) is 0 Å². The minimum atomic E-state index is -0.199. The van der Waals surface area contributed by atoms with Gasteiger partial charge in [0.15, 0.2) is 0 Å². The molecule has 0 bridgehead atoms. The van der Waals surface area contributed by atoms with Gasteiger partial charge in [0.1, 0.15) is 5.82 Å². The van der Waals surface area contributed by atoms with Crippen molar-refractivity contribution in [2.75, 3.05) is 6.61 Å². The van der Waals surface area contributed by atoms with Crippen LogP contribution in [-0.4, -0.2) is 11.7 Å². The summed E-state index contributed by atoms with van der Waals surface area (Å²) < 4.78 is 13.2. The van der Waals surface area contributed by atoms with Gasteiger partial charge in [-0.1, -0.05) is 42.5 Å². The first-order valence-corrected chi connectivity index (χ1v) is 7.18. The second-order valence-electron chi connectivity index (χ2n) is 5.69. The van der Waals surface area contributed by atoms with E-state index in [0.717, 1.165) is 18.4 Å². The number of hydrogen-bond donors (Lipinski definition) is 1. The highest BCUT2D eigenvalue weighted by Gasteiger charge is 2.43. The molecule has 0 saturated heterocycles. The highest BCUT2D eigenvalue weighted by Crippen LogP contribution is 2.52. The zero-order valence-corrected chi connectivity index (χ0v) is 11.4. The number of hydrogen-bond acceptors (Lipinski definition) is 1. The Kier molecular flexibility index (Phi) is 3.83. The predicted octanol–water partition coefficient (Wildman–Crippen LogP) is 3.78. The minimum absolute atomic E-state index is 0.171. The van der Waals surface area contributed by atoms with Crippen molar-refractivity contribution in [2.45, 2.75) is 18.8 Å². The molecule has 0 heterocycles. The number of halogens is 1. The Hall–Kier alpha value is -1.67. The molecule has 1 saturated carbocycles. The van der Waals surface area contributed by atoms with Gasteiger partial charge in [0, 0.05) is 6.61 Å². The van der Waals surface area contributed by atoms with E-state index in [9.17, 15) is 9.50 Å². The lowest BCUT2D eigenvalue weighted by Crippen LogP contribution is -2.13. The fourth-order valence-corrected chi connectivity index (χ4v) is 3.14. The van der Waals surface area contributed by atoms with Crippen LogP contribution >= 0.6 is 0 Å². The summed E-state index contributed by atoms with van der Waals surface area (Å²) in [6.07, 6.45) is 1.88. The molecular formula is C18H19FO. The SMILES string of the molecule is OCC(Cc1cccc(F)c1)C1CC1c1ccccc1. The van der Waals surface area contributed by atoms with Crippen molar-refractivity contribution in [1.82, 2.24) is 0 Å². The van der Waals surface area contributed by atoms with Gasteiger partial charge >= 0.3 is 0 Å². The van der Waals surface area contributed by atoms with E-state index in [1.807, 2.05) is 12.1 Å². The summed E-state index contributed by atoms with van der Waals surface area (Å²) in [7, 11) is 0. The molecule has 2 heteroatoms. The minimum Gasteiger partial charge on any atom is -0.396 e. The molecule has 104 valence electrons. The van der Waals surface area contributed by atoms with Gasteiger partial charge < -0.3 is 5.11 Å². The molecule has 3 unspecified atom stereocenters.